The van der Waals surface area contributed by atoms with Crippen molar-refractivity contribution in [2.75, 3.05) is 0 Å². The molecule has 3 rings (SSSR count). The molecule has 166 valence electrons. The number of alkyl halides is 3. The van der Waals surface area contributed by atoms with E-state index >= 15 is 0 Å². The highest BCUT2D eigenvalue weighted by molar-refractivity contribution is 5.87. The van der Waals surface area contributed by atoms with Crippen molar-refractivity contribution in [1.29, 1.82) is 0 Å². The van der Waals surface area contributed by atoms with E-state index in [4.69, 9.17) is 9.84 Å². The van der Waals surface area contributed by atoms with Gasteiger partial charge in [-0.3, -0.25) is 9.78 Å². The molecular formula is C22H23F3N2O4. The molecule has 9 heteroatoms. The Morgan fingerprint density at radius 2 is 1.81 bits per heavy atom. The van der Waals surface area contributed by atoms with Crippen molar-refractivity contribution in [2.24, 2.45) is 5.92 Å². The van der Waals surface area contributed by atoms with Gasteiger partial charge in [-0.05, 0) is 48.1 Å². The average Bonchev–Trinajstić information content (AvgIpc) is 3.48. The maximum Gasteiger partial charge on any atom is 0.433 e. The minimum atomic E-state index is -4.51. The van der Waals surface area contributed by atoms with Gasteiger partial charge in [0.1, 0.15) is 11.8 Å². The number of aromatic nitrogens is 1. The molecule has 1 saturated carbocycles. The Hall–Kier alpha value is -2.94. The van der Waals surface area contributed by atoms with Gasteiger partial charge in [-0.15, -0.1) is 0 Å². The predicted molar refractivity (Wildman–Crippen MR) is 105 cm³/mol. The van der Waals surface area contributed by atoms with Gasteiger partial charge in [-0.25, -0.2) is 4.79 Å². The van der Waals surface area contributed by atoms with Crippen LogP contribution in [0.2, 0.25) is 0 Å². The quantitative estimate of drug-likeness (QED) is 0.649. The fourth-order valence-corrected chi connectivity index (χ4v) is 3.28. The number of carbonyl (C=O) groups excluding carboxylic acids is 1. The minimum absolute atomic E-state index is 0.0539. The molecule has 31 heavy (non-hydrogen) atoms. The molecule has 0 radical (unpaired) electrons. The van der Waals surface area contributed by atoms with Gasteiger partial charge < -0.3 is 15.2 Å². The Balaban J connectivity index is 1.64. The van der Waals surface area contributed by atoms with E-state index in [0.29, 0.717) is 5.56 Å². The molecule has 1 aromatic carbocycles. The van der Waals surface area contributed by atoms with Crippen LogP contribution in [0.4, 0.5) is 13.2 Å². The lowest BCUT2D eigenvalue weighted by Gasteiger charge is -2.25. The molecule has 6 nitrogen and oxygen atoms in total. The summed E-state index contributed by atoms with van der Waals surface area (Å²) in [6, 6.07) is 8.53. The predicted octanol–water partition coefficient (Wildman–Crippen LogP) is 4.15. The Kier molecular flexibility index (Phi) is 6.35. The molecule has 1 amide bonds. The summed E-state index contributed by atoms with van der Waals surface area (Å²) in [7, 11) is 0. The average molecular weight is 436 g/mol. The Morgan fingerprint density at radius 3 is 2.26 bits per heavy atom. The first kappa shape index (κ1) is 22.7. The van der Waals surface area contributed by atoms with Crippen LogP contribution in [0.1, 0.15) is 53.9 Å². The van der Waals surface area contributed by atoms with Crippen molar-refractivity contribution in [3.63, 3.8) is 0 Å². The van der Waals surface area contributed by atoms with E-state index in [1.54, 1.807) is 12.1 Å². The molecule has 1 atom stereocenters. The number of pyridine rings is 1. The van der Waals surface area contributed by atoms with Gasteiger partial charge in [-0.2, -0.15) is 13.2 Å². The Bertz CT molecular complexity index is 937. The van der Waals surface area contributed by atoms with Crippen molar-refractivity contribution >= 4 is 11.9 Å². The van der Waals surface area contributed by atoms with E-state index in [2.05, 4.69) is 10.3 Å². The molecule has 1 aliphatic rings. The van der Waals surface area contributed by atoms with E-state index < -0.39 is 29.5 Å². The number of hydrogen-bond acceptors (Lipinski definition) is 4. The summed E-state index contributed by atoms with van der Waals surface area (Å²) in [6.45, 7) is 3.58. The Morgan fingerprint density at radius 1 is 1.16 bits per heavy atom. The van der Waals surface area contributed by atoms with E-state index in [-0.39, 0.29) is 24.0 Å². The van der Waals surface area contributed by atoms with Crippen molar-refractivity contribution in [2.45, 2.75) is 51.1 Å². The second-order valence-electron chi connectivity index (χ2n) is 7.98. The number of amides is 1. The number of carboxylic acid groups (broad SMARTS) is 1. The van der Waals surface area contributed by atoms with Gasteiger partial charge in [0.25, 0.3) is 0 Å². The fraction of sp³-hybridized carbons (Fsp3) is 0.409. The molecule has 2 N–H and O–H groups in total. The zero-order valence-electron chi connectivity index (χ0n) is 17.1. The summed E-state index contributed by atoms with van der Waals surface area (Å²) >= 11 is 0. The monoisotopic (exact) mass is 436 g/mol. The number of rotatable bonds is 8. The molecule has 2 aromatic rings. The Labute approximate surface area is 177 Å². The third-order valence-corrected chi connectivity index (χ3v) is 5.21. The SMILES string of the molecule is CC(C)C(OCc1ccc(C(F)(F)F)nc1)C(=O)NC1(c2ccc(C(=O)O)cc2)CC1. The molecule has 0 saturated heterocycles. The highest BCUT2D eigenvalue weighted by Crippen LogP contribution is 2.45. The molecule has 1 aliphatic carbocycles. The highest BCUT2D eigenvalue weighted by atomic mass is 19.4. The molecule has 1 aromatic heterocycles. The van der Waals surface area contributed by atoms with Crippen LogP contribution in [0.25, 0.3) is 0 Å². The molecule has 0 bridgehead atoms. The van der Waals surface area contributed by atoms with Crippen molar-refractivity contribution in [1.82, 2.24) is 10.3 Å². The van der Waals surface area contributed by atoms with Crippen LogP contribution < -0.4 is 5.32 Å². The van der Waals surface area contributed by atoms with E-state index in [1.165, 1.54) is 18.2 Å². The zero-order valence-corrected chi connectivity index (χ0v) is 17.1. The van der Waals surface area contributed by atoms with Crippen molar-refractivity contribution in [3.05, 3.63) is 65.0 Å². The lowest BCUT2D eigenvalue weighted by atomic mass is 10.0. The van der Waals surface area contributed by atoms with Crippen LogP contribution in [0.5, 0.6) is 0 Å². The summed E-state index contributed by atoms with van der Waals surface area (Å²) in [5, 5.41) is 12.0. The minimum Gasteiger partial charge on any atom is -0.478 e. The number of nitrogens with zero attached hydrogens (tertiary/aromatic N) is 1. The first-order valence-corrected chi connectivity index (χ1v) is 9.81. The number of halogens is 3. The molecule has 0 spiro atoms. The topological polar surface area (TPSA) is 88.5 Å². The first-order chi connectivity index (χ1) is 14.5. The third kappa shape index (κ3) is 5.41. The number of hydrogen-bond donors (Lipinski definition) is 2. The third-order valence-electron chi connectivity index (χ3n) is 5.21. The first-order valence-electron chi connectivity index (χ1n) is 9.81. The number of nitrogens with one attached hydrogen (secondary N) is 1. The lowest BCUT2D eigenvalue weighted by Crippen LogP contribution is -2.44. The standard InChI is InChI=1S/C22H23F3N2O4/c1-13(2)18(31-12-14-3-8-17(26-11-14)22(23,24)25)19(28)27-21(9-10-21)16-6-4-15(5-7-16)20(29)30/h3-8,11,13,18H,9-10,12H2,1-2H3,(H,27,28)(H,29,30). The van der Waals surface area contributed by atoms with Gasteiger partial charge in [0.2, 0.25) is 5.91 Å². The van der Waals surface area contributed by atoms with Crippen LogP contribution in [0.15, 0.2) is 42.6 Å². The summed E-state index contributed by atoms with van der Waals surface area (Å²) in [5.41, 5.74) is -0.129. The summed E-state index contributed by atoms with van der Waals surface area (Å²) < 4.78 is 43.6. The van der Waals surface area contributed by atoms with Gasteiger partial charge in [0.05, 0.1) is 17.7 Å². The number of ether oxygens (including phenoxy) is 1. The van der Waals surface area contributed by atoms with Gasteiger partial charge in [0.15, 0.2) is 0 Å². The second-order valence-corrected chi connectivity index (χ2v) is 7.98. The van der Waals surface area contributed by atoms with E-state index in [9.17, 15) is 22.8 Å². The smallest absolute Gasteiger partial charge is 0.433 e. The molecule has 1 unspecified atom stereocenters. The normalized spacial score (nSPS) is 16.1. The van der Waals surface area contributed by atoms with Crippen molar-refractivity contribution < 1.29 is 32.6 Å². The lowest BCUT2D eigenvalue weighted by molar-refractivity contribution is -0.141. The number of aromatic carboxylic acids is 1. The molecular weight excluding hydrogens is 413 g/mol. The largest absolute Gasteiger partial charge is 0.478 e. The molecule has 0 aliphatic heterocycles. The van der Waals surface area contributed by atoms with Crippen LogP contribution in [-0.2, 0) is 27.9 Å². The van der Waals surface area contributed by atoms with Gasteiger partial charge >= 0.3 is 12.1 Å². The zero-order chi connectivity index (χ0) is 22.8. The second kappa shape index (κ2) is 8.66. The van der Waals surface area contributed by atoms with Gasteiger partial charge in [0, 0.05) is 6.20 Å². The maximum absolute atomic E-state index is 12.9. The highest BCUT2D eigenvalue weighted by Gasteiger charge is 2.47. The van der Waals surface area contributed by atoms with Crippen LogP contribution in [0.3, 0.4) is 0 Å². The molecule has 1 fully saturated rings. The fourth-order valence-electron chi connectivity index (χ4n) is 3.28. The summed E-state index contributed by atoms with van der Waals surface area (Å²) in [4.78, 5) is 27.3. The number of carboxylic acids is 1. The van der Waals surface area contributed by atoms with Gasteiger partial charge in [-0.1, -0.05) is 32.0 Å². The van der Waals surface area contributed by atoms with E-state index in [0.717, 1.165) is 30.7 Å². The summed E-state index contributed by atoms with van der Waals surface area (Å²) in [6.07, 6.45) is -2.79. The van der Waals surface area contributed by atoms with Crippen LogP contribution >= 0.6 is 0 Å². The number of carbonyl (C=O) groups is 2. The van der Waals surface area contributed by atoms with Crippen LogP contribution in [-0.4, -0.2) is 28.1 Å². The van der Waals surface area contributed by atoms with E-state index in [1.807, 2.05) is 13.8 Å². The van der Waals surface area contributed by atoms with Crippen molar-refractivity contribution in [3.8, 4) is 0 Å². The van der Waals surface area contributed by atoms with Crippen LogP contribution in [0, 0.1) is 5.92 Å². The molecule has 1 heterocycles. The summed E-state index contributed by atoms with van der Waals surface area (Å²) in [5.74, 6) is -1.52. The number of benzene rings is 1. The maximum atomic E-state index is 12.9.